The molecule has 0 amide bonds. The quantitative estimate of drug-likeness (QED) is 0.525. The third kappa shape index (κ3) is 1.22. The topological polar surface area (TPSA) is 40.0 Å². The fourth-order valence-electron chi connectivity index (χ4n) is 1.45. The molecule has 0 spiro atoms. The smallest absolute Gasteiger partial charge is 0.0900 e. The Hall–Kier alpha value is -0.900. The zero-order valence-electron chi connectivity index (χ0n) is 7.00. The van der Waals surface area contributed by atoms with Gasteiger partial charge in [0, 0.05) is 17.8 Å². The van der Waals surface area contributed by atoms with Crippen LogP contribution >= 0.6 is 11.3 Å². The average Bonchev–Trinajstić information content (AvgIpc) is 2.43. The molecule has 0 saturated carbocycles. The van der Waals surface area contributed by atoms with Gasteiger partial charge in [0.1, 0.15) is 0 Å². The second kappa shape index (κ2) is 2.86. The molecule has 1 aromatic heterocycles. The van der Waals surface area contributed by atoms with Crippen molar-refractivity contribution in [1.82, 2.24) is 9.88 Å². The second-order valence-electron chi connectivity index (χ2n) is 2.95. The number of nitrogens with zero attached hydrogens (tertiary/aromatic N) is 2. The molecule has 1 N–H and O–H groups in total. The Morgan fingerprint density at radius 2 is 2.50 bits per heavy atom. The molecule has 64 valence electrons. The number of thiazole rings is 1. The van der Waals surface area contributed by atoms with E-state index >= 15 is 0 Å². The lowest BCUT2D eigenvalue weighted by Crippen LogP contribution is -2.28. The highest BCUT2D eigenvalue weighted by atomic mass is 32.1. The molecule has 12 heavy (non-hydrogen) atoms. The number of fused-ring (bicyclic) bond motifs is 1. The van der Waals surface area contributed by atoms with Gasteiger partial charge >= 0.3 is 0 Å². The van der Waals surface area contributed by atoms with Gasteiger partial charge in [-0.2, -0.15) is 0 Å². The minimum absolute atomic E-state index is 0.879. The van der Waals surface area contributed by atoms with Crippen LogP contribution in [0.25, 0.3) is 0 Å². The molecule has 0 unspecified atom stereocenters. The molecule has 0 atom stereocenters. The summed E-state index contributed by atoms with van der Waals surface area (Å²) in [6.45, 7) is 3.86. The predicted octanol–water partition coefficient (Wildman–Crippen LogP) is 1.42. The maximum Gasteiger partial charge on any atom is 0.0900 e. The molecule has 0 aliphatic carbocycles. The van der Waals surface area contributed by atoms with E-state index in [1.54, 1.807) is 11.3 Å². The SMILES string of the molecule is Cc1nc2c(s1)CN(C=N)CC2. The third-order valence-corrected chi connectivity index (χ3v) is 3.05. The summed E-state index contributed by atoms with van der Waals surface area (Å²) in [7, 11) is 0. The first kappa shape index (κ1) is 7.73. The molecular weight excluding hydrogens is 170 g/mol. The number of nitrogens with one attached hydrogen (secondary N) is 1. The summed E-state index contributed by atoms with van der Waals surface area (Å²) in [6, 6.07) is 0. The summed E-state index contributed by atoms with van der Waals surface area (Å²) >= 11 is 1.75. The van der Waals surface area contributed by atoms with Gasteiger partial charge in [-0.3, -0.25) is 5.41 Å². The molecule has 0 bridgehead atoms. The maximum absolute atomic E-state index is 7.13. The van der Waals surface area contributed by atoms with E-state index in [1.165, 1.54) is 16.9 Å². The first-order chi connectivity index (χ1) is 5.79. The maximum atomic E-state index is 7.13. The number of hydrogen-bond donors (Lipinski definition) is 1. The number of aryl methyl sites for hydroxylation is 1. The summed E-state index contributed by atoms with van der Waals surface area (Å²) in [5.41, 5.74) is 1.25. The Morgan fingerprint density at radius 1 is 1.67 bits per heavy atom. The standard InChI is InChI=1S/C8H11N3S/c1-6-10-7-2-3-11(5-9)4-8(7)12-6/h5,9H,2-4H2,1H3. The van der Waals surface area contributed by atoms with E-state index in [9.17, 15) is 0 Å². The summed E-state index contributed by atoms with van der Waals surface area (Å²) in [6.07, 6.45) is 2.41. The van der Waals surface area contributed by atoms with Crippen LogP contribution in [0.15, 0.2) is 0 Å². The first-order valence-electron chi connectivity index (χ1n) is 3.99. The predicted molar refractivity (Wildman–Crippen MR) is 49.7 cm³/mol. The van der Waals surface area contributed by atoms with E-state index in [-0.39, 0.29) is 0 Å². The van der Waals surface area contributed by atoms with E-state index in [0.717, 1.165) is 24.5 Å². The van der Waals surface area contributed by atoms with Gasteiger partial charge in [-0.15, -0.1) is 11.3 Å². The minimum atomic E-state index is 0.879. The fourth-order valence-corrected chi connectivity index (χ4v) is 2.46. The lowest BCUT2D eigenvalue weighted by molar-refractivity contribution is 0.405. The van der Waals surface area contributed by atoms with Crippen molar-refractivity contribution in [2.45, 2.75) is 19.9 Å². The first-order valence-corrected chi connectivity index (χ1v) is 4.81. The van der Waals surface area contributed by atoms with Crippen LogP contribution in [0.5, 0.6) is 0 Å². The lowest BCUT2D eigenvalue weighted by Gasteiger charge is -2.22. The molecule has 4 heteroatoms. The zero-order chi connectivity index (χ0) is 8.55. The van der Waals surface area contributed by atoms with Crippen LogP contribution in [0.4, 0.5) is 0 Å². The van der Waals surface area contributed by atoms with Crippen LogP contribution in [-0.2, 0) is 13.0 Å². The Balaban J connectivity index is 2.28. The van der Waals surface area contributed by atoms with E-state index in [1.807, 2.05) is 11.8 Å². The molecule has 2 rings (SSSR count). The van der Waals surface area contributed by atoms with Gasteiger partial charge in [-0.05, 0) is 6.92 Å². The summed E-state index contributed by atoms with van der Waals surface area (Å²) in [5.74, 6) is 0. The third-order valence-electron chi connectivity index (χ3n) is 2.05. The molecule has 3 nitrogen and oxygen atoms in total. The number of hydrogen-bond acceptors (Lipinski definition) is 3. The highest BCUT2D eigenvalue weighted by Crippen LogP contribution is 2.23. The monoisotopic (exact) mass is 181 g/mol. The van der Waals surface area contributed by atoms with Crippen LogP contribution in [-0.4, -0.2) is 22.8 Å². The van der Waals surface area contributed by atoms with Crippen LogP contribution < -0.4 is 0 Å². The molecule has 2 heterocycles. The van der Waals surface area contributed by atoms with Gasteiger partial charge in [0.15, 0.2) is 0 Å². The second-order valence-corrected chi connectivity index (χ2v) is 4.24. The van der Waals surface area contributed by atoms with Gasteiger partial charge < -0.3 is 4.90 Å². The number of aromatic nitrogens is 1. The van der Waals surface area contributed by atoms with Crippen molar-refractivity contribution < 1.29 is 0 Å². The van der Waals surface area contributed by atoms with Crippen LogP contribution in [0, 0.1) is 12.3 Å². The van der Waals surface area contributed by atoms with E-state index < -0.39 is 0 Å². The summed E-state index contributed by atoms with van der Waals surface area (Å²) < 4.78 is 0. The van der Waals surface area contributed by atoms with Crippen LogP contribution in [0.1, 0.15) is 15.6 Å². The van der Waals surface area contributed by atoms with Gasteiger partial charge in [0.05, 0.1) is 23.6 Å². The van der Waals surface area contributed by atoms with Crippen molar-refractivity contribution in [1.29, 1.82) is 5.41 Å². The average molecular weight is 181 g/mol. The van der Waals surface area contributed by atoms with Crippen molar-refractivity contribution in [2.24, 2.45) is 0 Å². The molecule has 0 radical (unpaired) electrons. The number of rotatable bonds is 1. The highest BCUT2D eigenvalue weighted by Gasteiger charge is 2.17. The largest absolute Gasteiger partial charge is 0.358 e. The Morgan fingerprint density at radius 3 is 3.25 bits per heavy atom. The van der Waals surface area contributed by atoms with Gasteiger partial charge in [0.2, 0.25) is 0 Å². The molecule has 1 aliphatic heterocycles. The van der Waals surface area contributed by atoms with Gasteiger partial charge in [-0.1, -0.05) is 0 Å². The highest BCUT2D eigenvalue weighted by molar-refractivity contribution is 7.11. The molecule has 0 saturated heterocycles. The zero-order valence-corrected chi connectivity index (χ0v) is 7.82. The van der Waals surface area contributed by atoms with E-state index in [4.69, 9.17) is 5.41 Å². The van der Waals surface area contributed by atoms with Crippen molar-refractivity contribution in [3.63, 3.8) is 0 Å². The van der Waals surface area contributed by atoms with Crippen molar-refractivity contribution in [3.8, 4) is 0 Å². The van der Waals surface area contributed by atoms with Crippen molar-refractivity contribution in [2.75, 3.05) is 6.54 Å². The van der Waals surface area contributed by atoms with Gasteiger partial charge in [0.25, 0.3) is 0 Å². The normalized spacial score (nSPS) is 15.9. The Bertz CT molecular complexity index is 305. The van der Waals surface area contributed by atoms with E-state index in [2.05, 4.69) is 4.98 Å². The molecule has 1 aliphatic rings. The van der Waals surface area contributed by atoms with Crippen molar-refractivity contribution >= 4 is 17.7 Å². The van der Waals surface area contributed by atoms with E-state index in [0.29, 0.717) is 0 Å². The molecule has 1 aromatic rings. The summed E-state index contributed by atoms with van der Waals surface area (Å²) in [5, 5.41) is 8.28. The van der Waals surface area contributed by atoms with Crippen LogP contribution in [0.2, 0.25) is 0 Å². The molecule has 0 fully saturated rings. The Kier molecular flexibility index (Phi) is 1.84. The molecule has 0 aromatic carbocycles. The minimum Gasteiger partial charge on any atom is -0.358 e. The fraction of sp³-hybridized carbons (Fsp3) is 0.500. The van der Waals surface area contributed by atoms with Gasteiger partial charge in [-0.25, -0.2) is 4.98 Å². The van der Waals surface area contributed by atoms with Crippen LogP contribution in [0.3, 0.4) is 0 Å². The summed E-state index contributed by atoms with van der Waals surface area (Å²) in [4.78, 5) is 7.79. The van der Waals surface area contributed by atoms with Crippen molar-refractivity contribution in [3.05, 3.63) is 15.6 Å². The Labute approximate surface area is 75.6 Å². The lowest BCUT2D eigenvalue weighted by atomic mass is 10.2. The molecular formula is C8H11N3S.